The Labute approximate surface area is 258 Å². The minimum absolute atomic E-state index is 0.0101. The van der Waals surface area contributed by atoms with Crippen LogP contribution in [0.2, 0.25) is 0 Å². The van der Waals surface area contributed by atoms with Gasteiger partial charge >= 0.3 is 5.63 Å². The van der Waals surface area contributed by atoms with Crippen LogP contribution in [0.3, 0.4) is 0 Å². The molecular formula is C31H31N7O6S. The van der Waals surface area contributed by atoms with Gasteiger partial charge in [-0.15, -0.1) is 0 Å². The summed E-state index contributed by atoms with van der Waals surface area (Å²) in [6.07, 6.45) is 5.01. The van der Waals surface area contributed by atoms with Crippen LogP contribution in [0, 0.1) is 0 Å². The number of benzene rings is 2. The molecule has 4 N–H and O–H groups in total. The number of fused-ring (bicyclic) bond motifs is 2. The van der Waals surface area contributed by atoms with E-state index in [9.17, 15) is 18.3 Å². The third-order valence-corrected chi connectivity index (χ3v) is 6.84. The molecule has 1 atom stereocenters. The molecule has 4 heterocycles. The van der Waals surface area contributed by atoms with Gasteiger partial charge in [-0.25, -0.2) is 19.4 Å². The fraction of sp³-hybridized carbons (Fsp3) is 0.194. The maximum absolute atomic E-state index is 13.2. The second-order valence-corrected chi connectivity index (χ2v) is 12.2. The molecule has 0 saturated carbocycles. The molecule has 0 aliphatic carbocycles. The monoisotopic (exact) mass is 629 g/mol. The molecule has 0 aliphatic rings. The Bertz CT molecular complexity index is 2190. The van der Waals surface area contributed by atoms with Crippen molar-refractivity contribution < 1.29 is 22.5 Å². The van der Waals surface area contributed by atoms with Gasteiger partial charge in [0.15, 0.2) is 5.65 Å². The predicted molar refractivity (Wildman–Crippen MR) is 171 cm³/mol. The number of aromatic nitrogens is 5. The van der Waals surface area contributed by atoms with Crippen molar-refractivity contribution in [2.75, 3.05) is 26.1 Å². The summed E-state index contributed by atoms with van der Waals surface area (Å²) in [5, 5.41) is 16.7. The van der Waals surface area contributed by atoms with Crippen molar-refractivity contribution in [3.63, 3.8) is 0 Å². The van der Waals surface area contributed by atoms with Crippen molar-refractivity contribution in [3.05, 3.63) is 95.1 Å². The Morgan fingerprint density at radius 2 is 1.73 bits per heavy atom. The minimum Gasteiger partial charge on any atom is -0.506 e. The smallest absolute Gasteiger partial charge is 0.343 e. The quantitative estimate of drug-likeness (QED) is 0.224. The van der Waals surface area contributed by atoms with Crippen molar-refractivity contribution in [1.29, 1.82) is 0 Å². The molecule has 0 spiro atoms. The van der Waals surface area contributed by atoms with E-state index in [1.807, 2.05) is 51.4 Å². The van der Waals surface area contributed by atoms with E-state index in [-0.39, 0.29) is 11.6 Å². The summed E-state index contributed by atoms with van der Waals surface area (Å²) < 4.78 is 33.6. The Morgan fingerprint density at radius 3 is 2.42 bits per heavy atom. The van der Waals surface area contributed by atoms with Crippen LogP contribution in [-0.2, 0) is 16.7 Å². The third kappa shape index (κ3) is 6.82. The Hall–Kier alpha value is -5.18. The number of nitrogens with two attached hydrogens (primary N) is 1. The van der Waals surface area contributed by atoms with E-state index in [1.54, 1.807) is 23.0 Å². The lowest BCUT2D eigenvalue weighted by molar-refractivity contribution is 0.402. The number of hydrogen-bond donors (Lipinski definition) is 3. The first kappa shape index (κ1) is 31.3. The van der Waals surface area contributed by atoms with Crippen molar-refractivity contribution >= 4 is 37.7 Å². The number of rotatable bonds is 6. The van der Waals surface area contributed by atoms with Gasteiger partial charge < -0.3 is 20.2 Å². The second kappa shape index (κ2) is 12.4. The first-order valence-corrected chi connectivity index (χ1v) is 15.5. The van der Waals surface area contributed by atoms with Crippen LogP contribution in [0.1, 0.15) is 24.3 Å². The van der Waals surface area contributed by atoms with E-state index in [4.69, 9.17) is 19.8 Å². The lowest BCUT2D eigenvalue weighted by atomic mass is 9.94. The highest BCUT2D eigenvalue weighted by atomic mass is 32.2. The molecule has 6 aromatic rings. The van der Waals surface area contributed by atoms with Crippen molar-refractivity contribution in [2.24, 2.45) is 0 Å². The number of aromatic hydroxyl groups is 1. The summed E-state index contributed by atoms with van der Waals surface area (Å²) in [5.74, 6) is 0.662. The van der Waals surface area contributed by atoms with Crippen molar-refractivity contribution in [3.8, 4) is 28.1 Å². The van der Waals surface area contributed by atoms with Gasteiger partial charge in [0, 0.05) is 29.3 Å². The van der Waals surface area contributed by atoms with Gasteiger partial charge in [-0.05, 0) is 50.3 Å². The molecule has 6 rings (SSSR count). The highest BCUT2D eigenvalue weighted by Gasteiger charge is 2.27. The highest BCUT2D eigenvalue weighted by Crippen LogP contribution is 2.38. The topological polar surface area (TPSA) is 191 Å². The van der Waals surface area contributed by atoms with E-state index in [0.29, 0.717) is 39.7 Å². The second-order valence-electron chi connectivity index (χ2n) is 10.7. The van der Waals surface area contributed by atoms with Crippen LogP contribution >= 0.6 is 0 Å². The van der Waals surface area contributed by atoms with Gasteiger partial charge in [-0.3, -0.25) is 9.54 Å². The van der Waals surface area contributed by atoms with E-state index in [1.165, 1.54) is 12.5 Å². The van der Waals surface area contributed by atoms with Gasteiger partial charge in [-0.2, -0.15) is 13.5 Å². The van der Waals surface area contributed by atoms with Crippen LogP contribution in [0.25, 0.3) is 44.2 Å². The third-order valence-electron chi connectivity index (χ3n) is 6.84. The molecule has 0 aliphatic heterocycles. The Kier molecular flexibility index (Phi) is 8.64. The van der Waals surface area contributed by atoms with Crippen LogP contribution in [0.5, 0.6) is 5.75 Å². The zero-order valence-electron chi connectivity index (χ0n) is 24.9. The van der Waals surface area contributed by atoms with E-state index < -0.39 is 21.8 Å². The van der Waals surface area contributed by atoms with E-state index in [0.717, 1.165) is 28.6 Å². The first-order chi connectivity index (χ1) is 21.3. The average molecular weight is 630 g/mol. The van der Waals surface area contributed by atoms with Gasteiger partial charge in [0.05, 0.1) is 23.2 Å². The molecule has 13 nitrogen and oxygen atoms in total. The summed E-state index contributed by atoms with van der Waals surface area (Å²) in [5.41, 5.74) is 10.2. The fourth-order valence-electron chi connectivity index (χ4n) is 5.14. The Balaban J connectivity index is 0.000000743. The summed E-state index contributed by atoms with van der Waals surface area (Å²) >= 11 is 0. The lowest BCUT2D eigenvalue weighted by Gasteiger charge is -2.19. The largest absolute Gasteiger partial charge is 0.506 e. The molecule has 45 heavy (non-hydrogen) atoms. The molecule has 0 amide bonds. The Morgan fingerprint density at radius 1 is 1.02 bits per heavy atom. The molecule has 0 bridgehead atoms. The maximum Gasteiger partial charge on any atom is 0.343 e. The molecule has 0 saturated heterocycles. The van der Waals surface area contributed by atoms with Gasteiger partial charge in [0.25, 0.3) is 10.1 Å². The number of nitrogen functional groups attached to an aromatic ring is 1. The van der Waals surface area contributed by atoms with Crippen LogP contribution < -0.4 is 11.4 Å². The minimum atomic E-state index is -3.67. The van der Waals surface area contributed by atoms with E-state index >= 15 is 0 Å². The number of pyridine rings is 1. The molecule has 0 fully saturated rings. The van der Waals surface area contributed by atoms with Crippen molar-refractivity contribution in [1.82, 2.24) is 29.6 Å². The normalized spacial score (nSPS) is 12.3. The summed E-state index contributed by atoms with van der Waals surface area (Å²) in [4.78, 5) is 28.1. The summed E-state index contributed by atoms with van der Waals surface area (Å²) in [6, 6.07) is 16.6. The summed E-state index contributed by atoms with van der Waals surface area (Å²) in [6.45, 7) is 2.66. The first-order valence-electron chi connectivity index (χ1n) is 13.7. The molecule has 4 aromatic heterocycles. The van der Waals surface area contributed by atoms with Crippen molar-refractivity contribution in [2.45, 2.75) is 19.5 Å². The fourth-order valence-corrected chi connectivity index (χ4v) is 5.14. The highest BCUT2D eigenvalue weighted by molar-refractivity contribution is 7.85. The molecule has 232 valence electrons. The molecule has 0 unspecified atom stereocenters. The SMILES string of the molecule is CS(=O)(=O)O.C[C@@H](c1oc(=O)c2ccccc2c1-c1cccc(CN(C)C)c1)n1nc(-c2cncc(O)c2)c2c(N)ncnc21. The maximum atomic E-state index is 13.2. The molecule has 14 heteroatoms. The van der Waals surface area contributed by atoms with Crippen LogP contribution in [0.15, 0.2) is 82.5 Å². The summed E-state index contributed by atoms with van der Waals surface area (Å²) in [7, 11) is 0.375. The van der Waals surface area contributed by atoms with Gasteiger partial charge in [0.1, 0.15) is 35.4 Å². The molecule has 0 radical (unpaired) electrons. The van der Waals surface area contributed by atoms with Crippen LogP contribution in [0.4, 0.5) is 5.82 Å². The average Bonchev–Trinajstić information content (AvgIpc) is 3.37. The number of hydrogen-bond acceptors (Lipinski definition) is 11. The lowest BCUT2D eigenvalue weighted by Crippen LogP contribution is -2.15. The molecular weight excluding hydrogens is 598 g/mol. The van der Waals surface area contributed by atoms with Crippen LogP contribution in [-0.4, -0.2) is 68.1 Å². The standard InChI is InChI=1S/C30H27N7O3.CH4O3S/c1-17(37-29-25(28(31)33-16-34-29)26(35-37)20-12-21(38)14-32-13-20)27-24(19-8-6-7-18(11-19)15-36(2)3)22-9-4-5-10-23(22)30(39)40-27;1-5(2,3)4/h4-14,16-17,38H,15H2,1-3H3,(H2,31,33,34);1H3,(H,2,3,4)/t17-;/m0./s1. The predicted octanol–water partition coefficient (Wildman–Crippen LogP) is 4.12. The van der Waals surface area contributed by atoms with E-state index in [2.05, 4.69) is 32.0 Å². The number of nitrogens with zero attached hydrogens (tertiary/aromatic N) is 6. The zero-order valence-corrected chi connectivity index (χ0v) is 25.7. The van der Waals surface area contributed by atoms with Gasteiger partial charge in [0.2, 0.25) is 0 Å². The zero-order chi connectivity index (χ0) is 32.5. The van der Waals surface area contributed by atoms with Gasteiger partial charge in [-0.1, -0.05) is 36.4 Å². The molecule has 2 aromatic carbocycles. The number of anilines is 1.